The predicted octanol–water partition coefficient (Wildman–Crippen LogP) is 1.90. The van der Waals surface area contributed by atoms with Gasteiger partial charge in [0.25, 0.3) is 5.56 Å². The SMILES string of the molecule is COCc1c(C(O)C=O)cc2n(c1=O)Cc1c-2nc2cc(F)c(C)c3c2c1C(NC(=O)C(C)O)CS3. The van der Waals surface area contributed by atoms with E-state index in [2.05, 4.69) is 5.32 Å². The number of amides is 1. The highest BCUT2D eigenvalue weighted by Gasteiger charge is 2.36. The number of nitrogens with zero attached hydrogens (tertiary/aromatic N) is 2. The van der Waals surface area contributed by atoms with Crippen LogP contribution in [0.5, 0.6) is 0 Å². The molecule has 9 nitrogen and oxygen atoms in total. The summed E-state index contributed by atoms with van der Waals surface area (Å²) in [4.78, 5) is 42.7. The lowest BCUT2D eigenvalue weighted by Gasteiger charge is -2.29. The topological polar surface area (TPSA) is 131 Å². The second kappa shape index (κ2) is 9.07. The number of hydrogen-bond acceptors (Lipinski definition) is 8. The Hall–Kier alpha value is -3.12. The average Bonchev–Trinajstić information content (AvgIpc) is 3.22. The van der Waals surface area contributed by atoms with Gasteiger partial charge in [-0.25, -0.2) is 9.37 Å². The maximum Gasteiger partial charge on any atom is 0.257 e. The van der Waals surface area contributed by atoms with Gasteiger partial charge < -0.3 is 29.6 Å². The lowest BCUT2D eigenvalue weighted by atomic mass is 9.93. The lowest BCUT2D eigenvalue weighted by molar-refractivity contribution is -0.129. The number of benzene rings is 1. The fourth-order valence-corrected chi connectivity index (χ4v) is 6.22. The summed E-state index contributed by atoms with van der Waals surface area (Å²) in [5, 5.41) is 23.7. The third-order valence-electron chi connectivity index (χ3n) is 6.73. The number of carbonyl (C=O) groups is 2. The van der Waals surface area contributed by atoms with Gasteiger partial charge in [-0.3, -0.25) is 9.59 Å². The van der Waals surface area contributed by atoms with Gasteiger partial charge in [-0.2, -0.15) is 0 Å². The van der Waals surface area contributed by atoms with Crippen molar-refractivity contribution in [1.82, 2.24) is 14.9 Å². The molecular formula is C25H24FN3O6S. The van der Waals surface area contributed by atoms with E-state index in [0.29, 0.717) is 45.5 Å². The number of methoxy groups -OCH3 is 1. The molecule has 0 aliphatic carbocycles. The Morgan fingerprint density at radius 3 is 2.83 bits per heavy atom. The summed E-state index contributed by atoms with van der Waals surface area (Å²) in [6.45, 7) is 3.10. The van der Waals surface area contributed by atoms with Crippen LogP contribution in [-0.2, 0) is 27.5 Å². The van der Waals surface area contributed by atoms with Crippen LogP contribution < -0.4 is 10.9 Å². The molecule has 3 aromatic rings. The Kier molecular flexibility index (Phi) is 6.19. The zero-order chi connectivity index (χ0) is 25.9. The van der Waals surface area contributed by atoms with E-state index in [4.69, 9.17) is 9.72 Å². The molecule has 3 atom stereocenters. The zero-order valence-electron chi connectivity index (χ0n) is 19.8. The Morgan fingerprint density at radius 1 is 1.42 bits per heavy atom. The Balaban J connectivity index is 1.82. The van der Waals surface area contributed by atoms with Crippen molar-refractivity contribution in [3.63, 3.8) is 0 Å². The van der Waals surface area contributed by atoms with Gasteiger partial charge in [0, 0.05) is 45.9 Å². The molecule has 3 N–H and O–H groups in total. The first-order valence-corrected chi connectivity index (χ1v) is 12.3. The van der Waals surface area contributed by atoms with Crippen molar-refractivity contribution in [2.45, 2.75) is 50.1 Å². The molecule has 0 saturated heterocycles. The van der Waals surface area contributed by atoms with Gasteiger partial charge in [-0.1, -0.05) is 0 Å². The number of halogens is 1. The molecular weight excluding hydrogens is 489 g/mol. The van der Waals surface area contributed by atoms with Crippen molar-refractivity contribution in [3.8, 4) is 11.4 Å². The third-order valence-corrected chi connectivity index (χ3v) is 8.03. The van der Waals surface area contributed by atoms with Crippen LogP contribution in [0.4, 0.5) is 4.39 Å². The van der Waals surface area contributed by atoms with E-state index in [0.717, 1.165) is 10.5 Å². The second-order valence-corrected chi connectivity index (χ2v) is 10.0. The maximum absolute atomic E-state index is 14.8. The Morgan fingerprint density at radius 2 is 2.17 bits per heavy atom. The number of pyridine rings is 2. The molecule has 11 heteroatoms. The van der Waals surface area contributed by atoms with E-state index in [1.165, 1.54) is 36.4 Å². The summed E-state index contributed by atoms with van der Waals surface area (Å²) in [5.74, 6) is -0.567. The molecule has 188 valence electrons. The highest BCUT2D eigenvalue weighted by Crippen LogP contribution is 2.47. The van der Waals surface area contributed by atoms with Crippen molar-refractivity contribution < 1.29 is 28.9 Å². The number of ether oxygens (including phenoxy) is 1. The molecule has 2 aromatic heterocycles. The van der Waals surface area contributed by atoms with Gasteiger partial charge in [0.2, 0.25) is 5.91 Å². The zero-order valence-corrected chi connectivity index (χ0v) is 20.6. The largest absolute Gasteiger partial charge is 0.384 e. The third kappa shape index (κ3) is 3.65. The monoisotopic (exact) mass is 513 g/mol. The van der Waals surface area contributed by atoms with E-state index in [1.54, 1.807) is 13.0 Å². The normalized spacial score (nSPS) is 17.4. The molecule has 3 unspecified atom stereocenters. The molecule has 4 heterocycles. The molecule has 0 spiro atoms. The van der Waals surface area contributed by atoms with Gasteiger partial charge in [0.15, 0.2) is 6.29 Å². The van der Waals surface area contributed by atoms with E-state index < -0.39 is 35.5 Å². The molecule has 0 fully saturated rings. The van der Waals surface area contributed by atoms with Crippen molar-refractivity contribution in [2.24, 2.45) is 0 Å². The molecule has 5 rings (SSSR count). The molecule has 0 saturated carbocycles. The standard InChI is InChI=1S/C25H24FN3O6S/c1-10-15(26)5-16-21-20(17(9-36-23(10)21)28-24(33)11(2)31)13-6-29-18(22(13)27-16)4-12(19(32)7-30)14(8-35-3)25(29)34/h4-5,7,11,17,19,31-32H,6,8-9H2,1-3H3,(H,28,33). The average molecular weight is 514 g/mol. The van der Waals surface area contributed by atoms with Crippen LogP contribution in [0.1, 0.15) is 46.9 Å². The van der Waals surface area contributed by atoms with E-state index in [-0.39, 0.29) is 24.3 Å². The summed E-state index contributed by atoms with van der Waals surface area (Å²) in [7, 11) is 1.41. The number of aromatic nitrogens is 2. The van der Waals surface area contributed by atoms with E-state index in [1.807, 2.05) is 0 Å². The van der Waals surface area contributed by atoms with Crippen molar-refractivity contribution in [1.29, 1.82) is 0 Å². The smallest absolute Gasteiger partial charge is 0.257 e. The molecule has 2 aliphatic rings. The highest BCUT2D eigenvalue weighted by molar-refractivity contribution is 7.99. The van der Waals surface area contributed by atoms with Gasteiger partial charge in [0.1, 0.15) is 18.0 Å². The number of rotatable bonds is 6. The summed E-state index contributed by atoms with van der Waals surface area (Å²) in [5.41, 5.74) is 2.88. The molecule has 1 aromatic carbocycles. The molecule has 1 amide bonds. The number of fused-ring (bicyclic) bond motifs is 4. The van der Waals surface area contributed by atoms with E-state index in [9.17, 15) is 29.0 Å². The number of aliphatic hydroxyl groups excluding tert-OH is 2. The van der Waals surface area contributed by atoms with Gasteiger partial charge >= 0.3 is 0 Å². The highest BCUT2D eigenvalue weighted by atomic mass is 32.2. The summed E-state index contributed by atoms with van der Waals surface area (Å²) < 4.78 is 21.5. The summed E-state index contributed by atoms with van der Waals surface area (Å²) in [6, 6.07) is 2.36. The Bertz CT molecular complexity index is 1500. The predicted molar refractivity (Wildman–Crippen MR) is 130 cm³/mol. The number of aldehydes is 1. The number of hydrogen-bond donors (Lipinski definition) is 3. The summed E-state index contributed by atoms with van der Waals surface area (Å²) >= 11 is 1.40. The minimum absolute atomic E-state index is 0.101. The molecule has 0 radical (unpaired) electrons. The number of thioether (sulfide) groups is 1. The van der Waals surface area contributed by atoms with Crippen molar-refractivity contribution in [2.75, 3.05) is 12.9 Å². The van der Waals surface area contributed by atoms with Crippen molar-refractivity contribution in [3.05, 3.63) is 56.1 Å². The minimum atomic E-state index is -1.53. The van der Waals surface area contributed by atoms with Crippen LogP contribution in [0.2, 0.25) is 0 Å². The number of carbonyl (C=O) groups excluding carboxylic acids is 2. The first kappa shape index (κ1) is 24.6. The first-order valence-electron chi connectivity index (χ1n) is 11.3. The number of nitrogens with one attached hydrogen (secondary N) is 1. The quantitative estimate of drug-likeness (QED) is 0.333. The van der Waals surface area contributed by atoms with Crippen LogP contribution in [0.15, 0.2) is 21.8 Å². The number of aliphatic hydroxyl groups is 2. The Labute approximate surface area is 209 Å². The van der Waals surface area contributed by atoms with Gasteiger partial charge in [-0.05, 0) is 31.0 Å². The second-order valence-electron chi connectivity index (χ2n) is 8.98. The summed E-state index contributed by atoms with van der Waals surface area (Å²) in [6.07, 6.45) is -2.42. The first-order chi connectivity index (χ1) is 17.2. The van der Waals surface area contributed by atoms with Gasteiger partial charge in [0.05, 0.1) is 36.1 Å². The van der Waals surface area contributed by atoms with Crippen LogP contribution in [-0.4, -0.2) is 50.9 Å². The van der Waals surface area contributed by atoms with Gasteiger partial charge in [-0.15, -0.1) is 11.8 Å². The molecule has 36 heavy (non-hydrogen) atoms. The molecule has 0 bridgehead atoms. The fourth-order valence-electron chi connectivity index (χ4n) is 4.97. The van der Waals surface area contributed by atoms with Crippen LogP contribution >= 0.6 is 11.8 Å². The van der Waals surface area contributed by atoms with Crippen LogP contribution in [0, 0.1) is 12.7 Å². The fraction of sp³-hybridized carbons (Fsp3) is 0.360. The van der Waals surface area contributed by atoms with Crippen LogP contribution in [0.3, 0.4) is 0 Å². The van der Waals surface area contributed by atoms with Crippen LogP contribution in [0.25, 0.3) is 22.3 Å². The molecule has 2 aliphatic heterocycles. The van der Waals surface area contributed by atoms with E-state index >= 15 is 0 Å². The lowest BCUT2D eigenvalue weighted by Crippen LogP contribution is -2.38. The maximum atomic E-state index is 14.8. The minimum Gasteiger partial charge on any atom is -0.384 e. The van der Waals surface area contributed by atoms with Crippen molar-refractivity contribution >= 4 is 34.9 Å².